The van der Waals surface area contributed by atoms with E-state index in [1.54, 1.807) is 7.11 Å². The number of hydrogen-bond donors (Lipinski definition) is 0. The average Bonchev–Trinajstić information content (AvgIpc) is 2.66. The summed E-state index contributed by atoms with van der Waals surface area (Å²) < 4.78 is 5.23. The molecule has 0 aromatic heterocycles. The van der Waals surface area contributed by atoms with Gasteiger partial charge in [0.1, 0.15) is 5.75 Å². The molecule has 3 rings (SSSR count). The smallest absolute Gasteiger partial charge is 0.118 e. The van der Waals surface area contributed by atoms with E-state index in [4.69, 9.17) is 4.74 Å². The fraction of sp³-hybridized carbons (Fsp3) is 0.455. The van der Waals surface area contributed by atoms with Crippen molar-refractivity contribution in [2.24, 2.45) is 5.92 Å². The quantitative estimate of drug-likeness (QED) is 0.739. The molecule has 1 unspecified atom stereocenters. The van der Waals surface area contributed by atoms with Crippen LogP contribution in [0.15, 0.2) is 54.6 Å². The van der Waals surface area contributed by atoms with Crippen molar-refractivity contribution in [3.63, 3.8) is 0 Å². The predicted octanol–water partition coefficient (Wildman–Crippen LogP) is 4.58. The van der Waals surface area contributed by atoms with Gasteiger partial charge in [0.2, 0.25) is 0 Å². The molecule has 1 fully saturated rings. The van der Waals surface area contributed by atoms with Gasteiger partial charge in [-0.25, -0.2) is 0 Å². The van der Waals surface area contributed by atoms with Crippen LogP contribution in [0.5, 0.6) is 5.75 Å². The number of likely N-dealkylation sites (tertiary alicyclic amines) is 1. The molecule has 128 valence electrons. The van der Waals surface area contributed by atoms with Crippen LogP contribution in [0.2, 0.25) is 0 Å². The van der Waals surface area contributed by atoms with E-state index in [1.165, 1.54) is 56.4 Å². The summed E-state index contributed by atoms with van der Waals surface area (Å²) in [4.78, 5) is 2.66. The van der Waals surface area contributed by atoms with E-state index in [1.807, 2.05) is 0 Å². The SMILES string of the molecule is COc1ccc(CCN2CCCC(CCc3ccccc3)C2)cc1. The topological polar surface area (TPSA) is 12.5 Å². The lowest BCUT2D eigenvalue weighted by atomic mass is 9.91. The molecule has 2 heteroatoms. The van der Waals surface area contributed by atoms with Gasteiger partial charge in [0.25, 0.3) is 0 Å². The Morgan fingerprint density at radius 2 is 1.71 bits per heavy atom. The molecular formula is C22H29NO. The number of hydrogen-bond acceptors (Lipinski definition) is 2. The molecule has 0 aliphatic carbocycles. The van der Waals surface area contributed by atoms with Crippen molar-refractivity contribution in [3.05, 3.63) is 65.7 Å². The summed E-state index contributed by atoms with van der Waals surface area (Å²) in [5.41, 5.74) is 2.88. The van der Waals surface area contributed by atoms with Crippen molar-refractivity contribution < 1.29 is 4.74 Å². The van der Waals surface area contributed by atoms with Gasteiger partial charge in [0, 0.05) is 13.1 Å². The maximum absolute atomic E-state index is 5.23. The predicted molar refractivity (Wildman–Crippen MR) is 101 cm³/mol. The van der Waals surface area contributed by atoms with E-state index < -0.39 is 0 Å². The van der Waals surface area contributed by atoms with E-state index in [0.717, 1.165) is 18.1 Å². The summed E-state index contributed by atoms with van der Waals surface area (Å²) in [5, 5.41) is 0. The lowest BCUT2D eigenvalue weighted by Crippen LogP contribution is -2.36. The van der Waals surface area contributed by atoms with Crippen molar-refractivity contribution >= 4 is 0 Å². The van der Waals surface area contributed by atoms with Crippen LogP contribution < -0.4 is 4.74 Å². The molecule has 1 heterocycles. The first kappa shape index (κ1) is 17.0. The molecule has 1 saturated heterocycles. The van der Waals surface area contributed by atoms with Crippen LogP contribution >= 0.6 is 0 Å². The fourth-order valence-electron chi connectivity index (χ4n) is 3.68. The van der Waals surface area contributed by atoms with Gasteiger partial charge < -0.3 is 9.64 Å². The Bertz CT molecular complexity index is 593. The number of methoxy groups -OCH3 is 1. The molecule has 2 nitrogen and oxygen atoms in total. The molecule has 1 atom stereocenters. The zero-order valence-corrected chi connectivity index (χ0v) is 14.8. The van der Waals surface area contributed by atoms with Crippen molar-refractivity contribution in [2.45, 2.75) is 32.1 Å². The van der Waals surface area contributed by atoms with Crippen molar-refractivity contribution in [2.75, 3.05) is 26.7 Å². The zero-order valence-electron chi connectivity index (χ0n) is 14.8. The van der Waals surface area contributed by atoms with Crippen LogP contribution in [0, 0.1) is 5.92 Å². The van der Waals surface area contributed by atoms with Gasteiger partial charge in [-0.15, -0.1) is 0 Å². The fourth-order valence-corrected chi connectivity index (χ4v) is 3.68. The Labute approximate surface area is 146 Å². The van der Waals surface area contributed by atoms with E-state index in [9.17, 15) is 0 Å². The maximum Gasteiger partial charge on any atom is 0.118 e. The Morgan fingerprint density at radius 1 is 0.958 bits per heavy atom. The highest BCUT2D eigenvalue weighted by Crippen LogP contribution is 2.22. The Balaban J connectivity index is 1.43. The molecule has 2 aromatic carbocycles. The molecule has 0 saturated carbocycles. The summed E-state index contributed by atoms with van der Waals surface area (Å²) in [6, 6.07) is 19.4. The van der Waals surface area contributed by atoms with Crippen LogP contribution in [-0.2, 0) is 12.8 Å². The third kappa shape index (κ3) is 5.10. The molecule has 24 heavy (non-hydrogen) atoms. The summed E-state index contributed by atoms with van der Waals surface area (Å²) in [5.74, 6) is 1.80. The highest BCUT2D eigenvalue weighted by Gasteiger charge is 2.19. The van der Waals surface area contributed by atoms with E-state index in [2.05, 4.69) is 59.5 Å². The van der Waals surface area contributed by atoms with Gasteiger partial charge in [-0.3, -0.25) is 0 Å². The minimum atomic E-state index is 0.856. The van der Waals surface area contributed by atoms with Crippen molar-refractivity contribution in [1.29, 1.82) is 0 Å². The number of ether oxygens (including phenoxy) is 1. The minimum Gasteiger partial charge on any atom is -0.497 e. The second-order valence-electron chi connectivity index (χ2n) is 6.93. The number of aryl methyl sites for hydroxylation is 1. The van der Waals surface area contributed by atoms with Crippen molar-refractivity contribution in [1.82, 2.24) is 4.90 Å². The summed E-state index contributed by atoms with van der Waals surface area (Å²) in [6.45, 7) is 3.70. The highest BCUT2D eigenvalue weighted by atomic mass is 16.5. The number of piperidine rings is 1. The lowest BCUT2D eigenvalue weighted by molar-refractivity contribution is 0.170. The van der Waals surface area contributed by atoms with Gasteiger partial charge in [-0.1, -0.05) is 42.5 Å². The first-order valence-corrected chi connectivity index (χ1v) is 9.22. The second kappa shape index (κ2) is 8.89. The monoisotopic (exact) mass is 323 g/mol. The molecule has 0 N–H and O–H groups in total. The molecule has 0 spiro atoms. The van der Waals surface area contributed by atoms with Gasteiger partial charge in [-0.2, -0.15) is 0 Å². The number of nitrogens with zero attached hydrogens (tertiary/aromatic N) is 1. The van der Waals surface area contributed by atoms with Crippen LogP contribution in [0.25, 0.3) is 0 Å². The lowest BCUT2D eigenvalue weighted by Gasteiger charge is -2.32. The summed E-state index contributed by atoms with van der Waals surface area (Å²) in [6.07, 6.45) is 6.42. The van der Waals surface area contributed by atoms with Gasteiger partial charge in [-0.05, 0) is 67.8 Å². The first-order valence-electron chi connectivity index (χ1n) is 9.22. The summed E-state index contributed by atoms with van der Waals surface area (Å²) >= 11 is 0. The third-order valence-corrected chi connectivity index (χ3v) is 5.16. The van der Waals surface area contributed by atoms with Gasteiger partial charge >= 0.3 is 0 Å². The van der Waals surface area contributed by atoms with Crippen LogP contribution in [0.1, 0.15) is 30.4 Å². The van der Waals surface area contributed by atoms with Crippen LogP contribution in [0.4, 0.5) is 0 Å². The van der Waals surface area contributed by atoms with E-state index in [-0.39, 0.29) is 0 Å². The molecule has 1 aliphatic rings. The standard InChI is InChI=1S/C22H29NO/c1-24-22-13-11-20(12-14-22)15-17-23-16-5-8-21(18-23)10-9-19-6-3-2-4-7-19/h2-4,6-7,11-14,21H,5,8-10,15-18H2,1H3. The number of benzene rings is 2. The number of rotatable bonds is 7. The highest BCUT2D eigenvalue weighted by molar-refractivity contribution is 5.27. The van der Waals surface area contributed by atoms with E-state index in [0.29, 0.717) is 0 Å². The zero-order chi connectivity index (χ0) is 16.6. The molecule has 1 aliphatic heterocycles. The normalized spacial score (nSPS) is 18.5. The Morgan fingerprint density at radius 3 is 2.46 bits per heavy atom. The largest absolute Gasteiger partial charge is 0.497 e. The first-order chi connectivity index (χ1) is 11.8. The Hall–Kier alpha value is -1.80. The second-order valence-corrected chi connectivity index (χ2v) is 6.93. The Kier molecular flexibility index (Phi) is 6.31. The van der Waals surface area contributed by atoms with Gasteiger partial charge in [0.05, 0.1) is 7.11 Å². The van der Waals surface area contributed by atoms with Crippen LogP contribution in [-0.4, -0.2) is 31.6 Å². The van der Waals surface area contributed by atoms with Gasteiger partial charge in [0.15, 0.2) is 0 Å². The summed E-state index contributed by atoms with van der Waals surface area (Å²) in [7, 11) is 1.72. The van der Waals surface area contributed by atoms with Crippen molar-refractivity contribution in [3.8, 4) is 5.75 Å². The molecular weight excluding hydrogens is 294 g/mol. The van der Waals surface area contributed by atoms with Crippen LogP contribution in [0.3, 0.4) is 0 Å². The molecule has 0 radical (unpaired) electrons. The molecule has 2 aromatic rings. The molecule has 0 bridgehead atoms. The maximum atomic E-state index is 5.23. The minimum absolute atomic E-state index is 0.856. The third-order valence-electron chi connectivity index (χ3n) is 5.16. The molecule has 0 amide bonds. The van der Waals surface area contributed by atoms with E-state index >= 15 is 0 Å². The average molecular weight is 323 g/mol.